The van der Waals surface area contributed by atoms with Crippen LogP contribution in [0.5, 0.6) is 11.5 Å². The van der Waals surface area contributed by atoms with Crippen molar-refractivity contribution in [3.8, 4) is 11.5 Å². The number of rotatable bonds is 24. The summed E-state index contributed by atoms with van der Waals surface area (Å²) in [5.41, 5.74) is -1.79. The van der Waals surface area contributed by atoms with E-state index in [9.17, 15) is 28.8 Å². The fraction of sp³-hybridized carbons (Fsp3) is 0.660. The largest absolute Gasteiger partial charge is 0.463 e. The van der Waals surface area contributed by atoms with Crippen LogP contribution in [-0.4, -0.2) is 101 Å². The third kappa shape index (κ3) is 17.9. The minimum absolute atomic E-state index is 0.122. The number of piperidine rings is 2. The van der Waals surface area contributed by atoms with Gasteiger partial charge in [-0.05, 0) is 168 Å². The van der Waals surface area contributed by atoms with Gasteiger partial charge in [0.15, 0.2) is 0 Å². The molecule has 5 atom stereocenters. The fourth-order valence-electron chi connectivity index (χ4n) is 8.71. The Balaban J connectivity index is 1.43. The second-order valence-corrected chi connectivity index (χ2v) is 29.4. The van der Waals surface area contributed by atoms with Crippen molar-refractivity contribution >= 4 is 126 Å². The standard InChI is InChI=1S/C53H74I4N2O12/c1-11-53(32-66-45(63)48(3,4)56,47(65)71-50(7,8)36-24-30-59-31-25-36)33-67-46(64)52(10,57)27-20-41(55)44(62)69-40-18-14-38(15-19-40)51(9,37-12-16-39(17-13-37)68-43(61)34(2)54)26-21-42(60)70-49(5,6)35-22-28-58-29-23-35/h12-19,34-36,41,58-59H,11,20-33H2,1-10H3. The molecule has 0 aromatic heterocycles. The first kappa shape index (κ1) is 61.6. The molecule has 0 radical (unpaired) electrons. The normalized spacial score (nSPS) is 18.6. The molecule has 18 heteroatoms. The van der Waals surface area contributed by atoms with Gasteiger partial charge in [-0.15, -0.1) is 0 Å². The first-order valence-corrected chi connectivity index (χ1v) is 29.2. The number of alkyl halides is 4. The molecule has 2 fully saturated rings. The second-order valence-electron chi connectivity index (χ2n) is 20.9. The molecule has 71 heavy (non-hydrogen) atoms. The lowest BCUT2D eigenvalue weighted by molar-refractivity contribution is -0.187. The number of ether oxygens (including phenoxy) is 6. The Kier molecular flexibility index (Phi) is 23.2. The van der Waals surface area contributed by atoms with Crippen LogP contribution >= 0.6 is 90.4 Å². The van der Waals surface area contributed by atoms with Gasteiger partial charge in [0.25, 0.3) is 0 Å². The predicted molar refractivity (Wildman–Crippen MR) is 307 cm³/mol. The number of esters is 6. The molecule has 2 heterocycles. The van der Waals surface area contributed by atoms with Crippen molar-refractivity contribution in [1.82, 2.24) is 10.6 Å². The Morgan fingerprint density at radius 1 is 0.620 bits per heavy atom. The van der Waals surface area contributed by atoms with Gasteiger partial charge in [-0.25, -0.2) is 0 Å². The number of carbonyl (C=O) groups excluding carboxylic acids is 6. The fourth-order valence-corrected chi connectivity index (χ4v) is 9.90. The zero-order chi connectivity index (χ0) is 53.0. The van der Waals surface area contributed by atoms with E-state index in [1.165, 1.54) is 0 Å². The van der Waals surface area contributed by atoms with Crippen LogP contribution < -0.4 is 20.1 Å². The molecule has 0 saturated carbocycles. The maximum Gasteiger partial charge on any atom is 0.324 e. The molecule has 0 spiro atoms. The highest BCUT2D eigenvalue weighted by atomic mass is 127. The summed E-state index contributed by atoms with van der Waals surface area (Å²) < 4.78 is 32.4. The first-order chi connectivity index (χ1) is 33.0. The van der Waals surface area contributed by atoms with E-state index in [1.54, 1.807) is 58.9 Å². The number of hydrogen-bond donors (Lipinski definition) is 2. The maximum absolute atomic E-state index is 14.1. The number of benzene rings is 2. The van der Waals surface area contributed by atoms with E-state index in [0.29, 0.717) is 17.9 Å². The van der Waals surface area contributed by atoms with E-state index < -0.39 is 56.7 Å². The van der Waals surface area contributed by atoms with Crippen LogP contribution in [0.15, 0.2) is 48.5 Å². The van der Waals surface area contributed by atoms with Gasteiger partial charge in [0.1, 0.15) is 56.0 Å². The molecule has 14 nitrogen and oxygen atoms in total. The van der Waals surface area contributed by atoms with Crippen molar-refractivity contribution in [3.63, 3.8) is 0 Å². The second kappa shape index (κ2) is 26.7. The van der Waals surface area contributed by atoms with Crippen LogP contribution in [0.1, 0.15) is 138 Å². The molecule has 396 valence electrons. The molecule has 0 aliphatic carbocycles. The summed E-state index contributed by atoms with van der Waals surface area (Å²) in [6, 6.07) is 14.5. The van der Waals surface area contributed by atoms with Crippen molar-refractivity contribution in [3.05, 3.63) is 59.7 Å². The summed E-state index contributed by atoms with van der Waals surface area (Å²) in [6.07, 6.45) is 4.84. The summed E-state index contributed by atoms with van der Waals surface area (Å²) in [7, 11) is 0. The van der Waals surface area contributed by atoms with Crippen molar-refractivity contribution < 1.29 is 57.2 Å². The Bertz CT molecular complexity index is 2130. The average Bonchev–Trinajstić information content (AvgIpc) is 3.32. The van der Waals surface area contributed by atoms with Gasteiger partial charge in [-0.1, -0.05) is 128 Å². The van der Waals surface area contributed by atoms with E-state index in [2.05, 4.69) is 10.6 Å². The van der Waals surface area contributed by atoms with Crippen LogP contribution in [0.25, 0.3) is 0 Å². The monoisotopic (exact) mass is 1440 g/mol. The van der Waals surface area contributed by atoms with Crippen LogP contribution in [-0.2, 0) is 53.1 Å². The van der Waals surface area contributed by atoms with Crippen molar-refractivity contribution in [1.29, 1.82) is 0 Å². The third-order valence-electron chi connectivity index (χ3n) is 14.1. The highest BCUT2D eigenvalue weighted by Gasteiger charge is 2.47. The van der Waals surface area contributed by atoms with Gasteiger partial charge in [0, 0.05) is 23.7 Å². The maximum atomic E-state index is 14.1. The molecule has 4 rings (SSSR count). The van der Waals surface area contributed by atoms with E-state index in [0.717, 1.165) is 63.0 Å². The van der Waals surface area contributed by atoms with Gasteiger partial charge >= 0.3 is 35.8 Å². The lowest BCUT2D eigenvalue weighted by Gasteiger charge is -2.40. The van der Waals surface area contributed by atoms with Crippen LogP contribution in [0.2, 0.25) is 0 Å². The minimum Gasteiger partial charge on any atom is -0.463 e. The van der Waals surface area contributed by atoms with E-state index in [4.69, 9.17) is 28.4 Å². The van der Waals surface area contributed by atoms with Crippen molar-refractivity contribution in [2.24, 2.45) is 17.3 Å². The molecular formula is C53H74I4N2O12. The minimum atomic E-state index is -1.45. The van der Waals surface area contributed by atoms with E-state index >= 15 is 0 Å². The van der Waals surface area contributed by atoms with Crippen molar-refractivity contribution in [2.45, 2.75) is 158 Å². The zero-order valence-corrected chi connectivity index (χ0v) is 51.6. The molecule has 2 saturated heterocycles. The van der Waals surface area contributed by atoms with Crippen molar-refractivity contribution in [2.75, 3.05) is 39.4 Å². The SMILES string of the molecule is CCC(COC(=O)C(C)(C)I)(COC(=O)C(C)(I)CCC(I)C(=O)Oc1ccc(C(C)(CCC(=O)OC(C)(C)C2CCNCC2)c2ccc(OC(=O)C(C)I)cc2)cc1)C(=O)OC(C)(C)C1CCNCC1. The molecule has 2 aliphatic heterocycles. The molecule has 2 N–H and O–H groups in total. The summed E-state index contributed by atoms with van der Waals surface area (Å²) >= 11 is 8.03. The summed E-state index contributed by atoms with van der Waals surface area (Å²) in [4.78, 5) is 80.2. The summed E-state index contributed by atoms with van der Waals surface area (Å²) in [5, 5.41) is 6.71. The van der Waals surface area contributed by atoms with Crippen LogP contribution in [0.4, 0.5) is 0 Å². The number of nitrogens with one attached hydrogen (secondary N) is 2. The molecular weight excluding hydrogens is 1360 g/mol. The molecule has 2 aromatic carbocycles. The van der Waals surface area contributed by atoms with E-state index in [1.807, 2.05) is 149 Å². The Morgan fingerprint density at radius 3 is 1.49 bits per heavy atom. The Hall–Kier alpha value is -1.90. The molecule has 0 amide bonds. The lowest BCUT2D eigenvalue weighted by atomic mass is 9.73. The highest BCUT2D eigenvalue weighted by Crippen LogP contribution is 2.40. The Labute approximate surface area is 475 Å². The predicted octanol–water partition coefficient (Wildman–Crippen LogP) is 10.5. The first-order valence-electron chi connectivity index (χ1n) is 24.6. The smallest absolute Gasteiger partial charge is 0.324 e. The third-order valence-corrected chi connectivity index (χ3v) is 17.1. The quantitative estimate of drug-likeness (QED) is 0.0333. The average molecular weight is 1440 g/mol. The van der Waals surface area contributed by atoms with Gasteiger partial charge < -0.3 is 39.1 Å². The summed E-state index contributed by atoms with van der Waals surface area (Å²) in [6.45, 7) is 21.2. The molecule has 5 unspecified atom stereocenters. The van der Waals surface area contributed by atoms with Gasteiger partial charge in [-0.2, -0.15) is 0 Å². The zero-order valence-electron chi connectivity index (χ0n) is 42.9. The van der Waals surface area contributed by atoms with Crippen LogP contribution in [0.3, 0.4) is 0 Å². The van der Waals surface area contributed by atoms with E-state index in [-0.39, 0.29) is 66.6 Å². The lowest BCUT2D eigenvalue weighted by Crippen LogP contribution is -2.50. The molecule has 2 aromatic rings. The van der Waals surface area contributed by atoms with Gasteiger partial charge in [0.2, 0.25) is 0 Å². The number of halogens is 4. The van der Waals surface area contributed by atoms with Crippen LogP contribution in [0, 0.1) is 17.3 Å². The number of carbonyl (C=O) groups is 6. The van der Waals surface area contributed by atoms with Gasteiger partial charge in [-0.3, -0.25) is 28.8 Å². The Morgan fingerprint density at radius 2 is 1.06 bits per heavy atom. The molecule has 2 aliphatic rings. The topological polar surface area (TPSA) is 182 Å². The summed E-state index contributed by atoms with van der Waals surface area (Å²) in [5.74, 6) is -1.67. The highest BCUT2D eigenvalue weighted by molar-refractivity contribution is 14.1. The number of hydrogen-bond acceptors (Lipinski definition) is 14. The molecule has 0 bridgehead atoms. The van der Waals surface area contributed by atoms with Gasteiger partial charge in [0.05, 0.1) is 0 Å².